The lowest BCUT2D eigenvalue weighted by molar-refractivity contribution is -0.399. The van der Waals surface area contributed by atoms with E-state index in [0.717, 1.165) is 44.1 Å². The summed E-state index contributed by atoms with van der Waals surface area (Å²) in [6.45, 7) is 6.19. The van der Waals surface area contributed by atoms with Crippen LogP contribution in [-0.4, -0.2) is 26.3 Å². The van der Waals surface area contributed by atoms with Crippen LogP contribution in [-0.2, 0) is 20.6 Å². The Bertz CT molecular complexity index is 574. The molecule has 0 saturated heterocycles. The van der Waals surface area contributed by atoms with Crippen LogP contribution in [0.25, 0.3) is 0 Å². The lowest BCUT2D eigenvalue weighted by Gasteiger charge is -2.39. The number of ether oxygens (including phenoxy) is 3. The number of methoxy groups -OCH3 is 2. The first-order valence-corrected chi connectivity index (χ1v) is 11.6. The fourth-order valence-electron chi connectivity index (χ4n) is 4.02. The maximum atomic E-state index is 13.4. The molecule has 1 aromatic rings. The van der Waals surface area contributed by atoms with Gasteiger partial charge in [-0.3, -0.25) is 0 Å². The molecule has 0 aliphatic heterocycles. The van der Waals surface area contributed by atoms with E-state index in [1.54, 1.807) is 20.3 Å². The van der Waals surface area contributed by atoms with Gasteiger partial charge in [0.2, 0.25) is 0 Å². The molecule has 30 heavy (non-hydrogen) atoms. The number of halogens is 2. The zero-order valence-electron chi connectivity index (χ0n) is 19.6. The Morgan fingerprint density at radius 3 is 2.00 bits per heavy atom. The third-order valence-electron chi connectivity index (χ3n) is 5.63. The van der Waals surface area contributed by atoms with Gasteiger partial charge in [-0.15, -0.1) is 0 Å². The summed E-state index contributed by atoms with van der Waals surface area (Å²) in [7, 11) is 3.28. The minimum Gasteiger partial charge on any atom is -0.331 e. The third kappa shape index (κ3) is 9.40. The highest BCUT2D eigenvalue weighted by atomic mass is 19.2. The number of benzene rings is 1. The first-order valence-electron chi connectivity index (χ1n) is 11.6. The van der Waals surface area contributed by atoms with Crippen LogP contribution in [0, 0.1) is 17.6 Å². The van der Waals surface area contributed by atoms with Gasteiger partial charge < -0.3 is 14.2 Å². The van der Waals surface area contributed by atoms with Crippen LogP contribution < -0.4 is 0 Å². The van der Waals surface area contributed by atoms with Gasteiger partial charge in [-0.05, 0) is 57.2 Å². The first kappa shape index (κ1) is 27.0. The molecule has 0 aliphatic carbocycles. The second-order valence-corrected chi connectivity index (χ2v) is 8.43. The average molecular weight is 429 g/mol. The van der Waals surface area contributed by atoms with Gasteiger partial charge in [0.25, 0.3) is 5.97 Å². The molecule has 0 fully saturated rings. The van der Waals surface area contributed by atoms with E-state index in [9.17, 15) is 8.78 Å². The summed E-state index contributed by atoms with van der Waals surface area (Å²) in [6, 6.07) is 4.14. The fraction of sp³-hybridized carbons (Fsp3) is 0.760. The molecule has 3 nitrogen and oxygen atoms in total. The molecule has 0 aromatic heterocycles. The maximum Gasteiger partial charge on any atom is 0.285 e. The Morgan fingerprint density at radius 2 is 1.43 bits per heavy atom. The van der Waals surface area contributed by atoms with E-state index in [0.29, 0.717) is 0 Å². The first-order chi connectivity index (χ1) is 14.4. The van der Waals surface area contributed by atoms with Crippen molar-refractivity contribution >= 4 is 0 Å². The molecular weight excluding hydrogens is 386 g/mol. The van der Waals surface area contributed by atoms with Crippen molar-refractivity contribution in [1.82, 2.24) is 0 Å². The molecule has 1 atom stereocenters. The Hall–Kier alpha value is -1.04. The summed E-state index contributed by atoms with van der Waals surface area (Å²) < 4.78 is 44.1. The summed E-state index contributed by atoms with van der Waals surface area (Å²) in [5, 5.41) is 0. The largest absolute Gasteiger partial charge is 0.331 e. The van der Waals surface area contributed by atoms with Crippen molar-refractivity contribution in [3.8, 4) is 0 Å². The van der Waals surface area contributed by atoms with E-state index in [-0.39, 0.29) is 12.0 Å². The highest BCUT2D eigenvalue weighted by molar-refractivity contribution is 5.17. The molecule has 0 aliphatic rings. The Balaban J connectivity index is 2.64. The molecule has 1 unspecified atom stereocenters. The van der Waals surface area contributed by atoms with Crippen molar-refractivity contribution in [2.45, 2.75) is 103 Å². The fourth-order valence-corrected chi connectivity index (χ4v) is 4.02. The highest BCUT2D eigenvalue weighted by Crippen LogP contribution is 2.34. The number of unbranched alkanes of at least 4 members (excludes halogenated alkanes) is 6. The summed E-state index contributed by atoms with van der Waals surface area (Å²) in [6.07, 6.45) is 11.8. The molecule has 0 amide bonds. The Kier molecular flexibility index (Phi) is 13.4. The zero-order chi connectivity index (χ0) is 22.4. The van der Waals surface area contributed by atoms with Crippen LogP contribution >= 0.6 is 0 Å². The van der Waals surface area contributed by atoms with Crippen LogP contribution in [0.5, 0.6) is 0 Å². The summed E-state index contributed by atoms with van der Waals surface area (Å²) >= 11 is 0. The van der Waals surface area contributed by atoms with E-state index in [1.807, 2.05) is 13.8 Å². The quantitative estimate of drug-likeness (QED) is 0.191. The van der Waals surface area contributed by atoms with Crippen molar-refractivity contribution in [3.63, 3.8) is 0 Å². The van der Waals surface area contributed by atoms with Gasteiger partial charge in [-0.1, -0.05) is 57.9 Å². The van der Waals surface area contributed by atoms with E-state index in [4.69, 9.17) is 14.2 Å². The highest BCUT2D eigenvalue weighted by Gasteiger charge is 2.41. The normalized spacial score (nSPS) is 13.2. The van der Waals surface area contributed by atoms with Gasteiger partial charge in [-0.25, -0.2) is 8.78 Å². The van der Waals surface area contributed by atoms with Crippen LogP contribution in [0.2, 0.25) is 0 Å². The number of aryl methyl sites for hydroxylation is 1. The molecular formula is C25H42F2O3. The molecule has 0 N–H and O–H groups in total. The minimum atomic E-state index is -1.04. The number of hydrogen-bond donors (Lipinski definition) is 0. The van der Waals surface area contributed by atoms with E-state index in [1.165, 1.54) is 44.2 Å². The molecule has 0 radical (unpaired) electrons. The van der Waals surface area contributed by atoms with Crippen LogP contribution in [0.1, 0.15) is 90.5 Å². The molecule has 5 heteroatoms. The second kappa shape index (κ2) is 14.9. The monoisotopic (exact) mass is 428 g/mol. The number of rotatable bonds is 17. The van der Waals surface area contributed by atoms with E-state index in [2.05, 4.69) is 6.92 Å². The van der Waals surface area contributed by atoms with Crippen molar-refractivity contribution < 1.29 is 23.0 Å². The molecule has 1 aromatic carbocycles. The summed E-state index contributed by atoms with van der Waals surface area (Å²) in [4.78, 5) is 0. The molecule has 0 saturated carbocycles. The third-order valence-corrected chi connectivity index (χ3v) is 5.63. The van der Waals surface area contributed by atoms with E-state index >= 15 is 0 Å². The van der Waals surface area contributed by atoms with Crippen LogP contribution in [0.4, 0.5) is 8.78 Å². The van der Waals surface area contributed by atoms with Crippen molar-refractivity contribution in [2.75, 3.05) is 14.2 Å². The zero-order valence-corrected chi connectivity index (χ0v) is 19.6. The average Bonchev–Trinajstić information content (AvgIpc) is 2.72. The van der Waals surface area contributed by atoms with Crippen molar-refractivity contribution in [3.05, 3.63) is 35.4 Å². The van der Waals surface area contributed by atoms with Crippen LogP contribution in [0.15, 0.2) is 18.2 Å². The molecule has 0 bridgehead atoms. The smallest absolute Gasteiger partial charge is 0.285 e. The minimum absolute atomic E-state index is 0.0147. The summed E-state index contributed by atoms with van der Waals surface area (Å²) in [5.74, 6) is -2.50. The Labute approximate surface area is 182 Å². The second-order valence-electron chi connectivity index (χ2n) is 8.43. The lowest BCUT2D eigenvalue weighted by Crippen LogP contribution is -2.46. The molecule has 174 valence electrons. The van der Waals surface area contributed by atoms with Crippen molar-refractivity contribution in [2.24, 2.45) is 5.92 Å². The van der Waals surface area contributed by atoms with Gasteiger partial charge in [-0.2, -0.15) is 0 Å². The van der Waals surface area contributed by atoms with Crippen molar-refractivity contribution in [1.29, 1.82) is 0 Å². The number of hydrogen-bond acceptors (Lipinski definition) is 3. The van der Waals surface area contributed by atoms with Gasteiger partial charge >= 0.3 is 0 Å². The topological polar surface area (TPSA) is 27.7 Å². The molecule has 1 rings (SSSR count). The predicted octanol–water partition coefficient (Wildman–Crippen LogP) is 7.42. The SMILES string of the molecule is CCCCCCCCC(CCCCc1ccc(F)c(F)c1)C(OC)(OC)OC(C)C. The maximum absolute atomic E-state index is 13.4. The predicted molar refractivity (Wildman–Crippen MR) is 118 cm³/mol. The van der Waals surface area contributed by atoms with Gasteiger partial charge in [0.05, 0.1) is 6.10 Å². The molecule has 0 heterocycles. The van der Waals surface area contributed by atoms with Gasteiger partial charge in [0.15, 0.2) is 11.6 Å². The van der Waals surface area contributed by atoms with Gasteiger partial charge in [0, 0.05) is 20.1 Å². The van der Waals surface area contributed by atoms with E-state index < -0.39 is 17.6 Å². The standard InChI is InChI=1S/C25H42F2O3/c1-6-7-8-9-10-11-15-22(25(28-4,29-5)30-20(2)3)16-13-12-14-21-17-18-23(26)24(27)19-21/h17-20,22H,6-16H2,1-5H3. The lowest BCUT2D eigenvalue weighted by atomic mass is 9.91. The summed E-state index contributed by atoms with van der Waals surface area (Å²) in [5.41, 5.74) is 0.824. The van der Waals surface area contributed by atoms with Gasteiger partial charge in [0.1, 0.15) is 0 Å². The van der Waals surface area contributed by atoms with Crippen LogP contribution in [0.3, 0.4) is 0 Å². The molecule has 0 spiro atoms. The Morgan fingerprint density at radius 1 is 0.833 bits per heavy atom.